The largest absolute Gasteiger partial charge is 0.516 e. The van der Waals surface area contributed by atoms with Crippen molar-refractivity contribution >= 4 is 10.2 Å². The maximum Gasteiger partial charge on any atom is 0.0748 e. The highest BCUT2D eigenvalue weighted by molar-refractivity contribution is 6.09. The van der Waals surface area contributed by atoms with Crippen molar-refractivity contribution in [3.05, 3.63) is 12.3 Å². The van der Waals surface area contributed by atoms with Crippen LogP contribution in [0.25, 0.3) is 0 Å². The van der Waals surface area contributed by atoms with Gasteiger partial charge < -0.3 is 5.11 Å². The molecule has 5 heavy (non-hydrogen) atoms. The predicted molar refractivity (Wildman–Crippen MR) is 26.5 cm³/mol. The molecule has 0 atom stereocenters. The zero-order chi connectivity index (χ0) is 4.12. The average Bonchev–Trinajstić information content (AvgIpc) is 1.41. The van der Waals surface area contributed by atoms with Crippen molar-refractivity contribution in [3.8, 4) is 0 Å². The third-order valence-corrected chi connectivity index (χ3v) is 0.813. The lowest BCUT2D eigenvalue weighted by Gasteiger charge is -1.65. The summed E-state index contributed by atoms with van der Waals surface area (Å²) >= 11 is 0. The first-order chi connectivity index (χ1) is 2.41. The molecule has 0 fully saturated rings. The molecule has 2 heteroatoms. The van der Waals surface area contributed by atoms with Gasteiger partial charge in [0.05, 0.1) is 6.26 Å². The SMILES string of the molecule is OC=CC[SiH3]. The van der Waals surface area contributed by atoms with E-state index in [1.807, 2.05) is 0 Å². The van der Waals surface area contributed by atoms with Gasteiger partial charge in [-0.3, -0.25) is 0 Å². The molecule has 0 bridgehead atoms. The van der Waals surface area contributed by atoms with Crippen LogP contribution >= 0.6 is 0 Å². The summed E-state index contributed by atoms with van der Waals surface area (Å²) in [5, 5.41) is 7.91. The molecule has 0 aromatic carbocycles. The molecule has 0 radical (unpaired) electrons. The molecule has 0 aliphatic rings. The van der Waals surface area contributed by atoms with Gasteiger partial charge in [0.2, 0.25) is 0 Å². The second-order valence-corrected chi connectivity index (χ2v) is 1.61. The van der Waals surface area contributed by atoms with E-state index in [0.717, 1.165) is 22.5 Å². The van der Waals surface area contributed by atoms with Crippen LogP contribution in [0.2, 0.25) is 6.04 Å². The van der Waals surface area contributed by atoms with E-state index in [2.05, 4.69) is 0 Å². The molecule has 0 aromatic rings. The Morgan fingerprint density at radius 2 is 2.40 bits per heavy atom. The van der Waals surface area contributed by atoms with E-state index in [1.54, 1.807) is 6.08 Å². The smallest absolute Gasteiger partial charge is 0.0748 e. The fraction of sp³-hybridized carbons (Fsp3) is 0.333. The fourth-order valence-electron chi connectivity index (χ4n) is 0.105. The van der Waals surface area contributed by atoms with Crippen molar-refractivity contribution in [1.82, 2.24) is 0 Å². The van der Waals surface area contributed by atoms with Gasteiger partial charge >= 0.3 is 0 Å². The van der Waals surface area contributed by atoms with Gasteiger partial charge in [-0.2, -0.15) is 0 Å². The summed E-state index contributed by atoms with van der Waals surface area (Å²) < 4.78 is 0. The minimum Gasteiger partial charge on any atom is -0.516 e. The van der Waals surface area contributed by atoms with E-state index >= 15 is 0 Å². The maximum absolute atomic E-state index is 7.91. The van der Waals surface area contributed by atoms with Crippen molar-refractivity contribution in [1.29, 1.82) is 0 Å². The van der Waals surface area contributed by atoms with E-state index < -0.39 is 0 Å². The van der Waals surface area contributed by atoms with Gasteiger partial charge in [0.1, 0.15) is 0 Å². The van der Waals surface area contributed by atoms with E-state index in [0.29, 0.717) is 0 Å². The van der Waals surface area contributed by atoms with Gasteiger partial charge in [0.25, 0.3) is 0 Å². The molecule has 0 heterocycles. The van der Waals surface area contributed by atoms with Crippen LogP contribution in [0.15, 0.2) is 12.3 Å². The molecule has 0 saturated heterocycles. The maximum atomic E-state index is 7.91. The lowest BCUT2D eigenvalue weighted by atomic mass is 10.7. The second-order valence-electron chi connectivity index (χ2n) is 0.793. The summed E-state index contributed by atoms with van der Waals surface area (Å²) in [5.74, 6) is 0. The van der Waals surface area contributed by atoms with Crippen LogP contribution in [0, 0.1) is 0 Å². The summed E-state index contributed by atoms with van der Waals surface area (Å²) in [6.07, 6.45) is 2.83. The number of allylic oxidation sites excluding steroid dienone is 1. The third kappa shape index (κ3) is 3.76. The zero-order valence-corrected chi connectivity index (χ0v) is 5.31. The monoisotopic (exact) mass is 88.0 g/mol. The van der Waals surface area contributed by atoms with Crippen LogP contribution in [0.3, 0.4) is 0 Å². The van der Waals surface area contributed by atoms with Gasteiger partial charge in [-0.05, 0) is 6.04 Å². The number of hydrogen-bond donors (Lipinski definition) is 1. The third-order valence-electron chi connectivity index (χ3n) is 0.341. The molecule has 1 N–H and O–H groups in total. The van der Waals surface area contributed by atoms with Crippen molar-refractivity contribution in [3.63, 3.8) is 0 Å². The Labute approximate surface area is 34.7 Å². The van der Waals surface area contributed by atoms with Gasteiger partial charge in [-0.1, -0.05) is 6.08 Å². The van der Waals surface area contributed by atoms with Crippen molar-refractivity contribution in [2.45, 2.75) is 6.04 Å². The van der Waals surface area contributed by atoms with E-state index in [9.17, 15) is 0 Å². The molecule has 30 valence electrons. The number of aliphatic hydroxyl groups excluding tert-OH is 1. The minimum atomic E-state index is 1.05. The molecule has 1 nitrogen and oxygen atoms in total. The van der Waals surface area contributed by atoms with Crippen LogP contribution in [0.1, 0.15) is 0 Å². The molecule has 0 aliphatic carbocycles. The minimum absolute atomic E-state index is 1.05. The quantitative estimate of drug-likeness (QED) is 0.349. The lowest BCUT2D eigenvalue weighted by Crippen LogP contribution is -1.54. The highest BCUT2D eigenvalue weighted by Gasteiger charge is 1.54. The van der Waals surface area contributed by atoms with Gasteiger partial charge in [0.15, 0.2) is 0 Å². The normalized spacial score (nSPS) is 10.4. The van der Waals surface area contributed by atoms with Crippen LogP contribution in [0.4, 0.5) is 0 Å². The summed E-state index contributed by atoms with van der Waals surface area (Å²) in [4.78, 5) is 0. The highest BCUT2D eigenvalue weighted by atomic mass is 28.1. The molecular weight excluding hydrogens is 80.1 g/mol. The molecule has 0 spiro atoms. The van der Waals surface area contributed by atoms with E-state index in [4.69, 9.17) is 5.11 Å². The molecule has 0 aliphatic heterocycles. The molecule has 0 amide bonds. The standard InChI is InChI=1S/C3H8OSi/c4-2-1-3-5/h1-2,4H,3H2,5H3. The Morgan fingerprint density at radius 3 is 2.40 bits per heavy atom. The zero-order valence-electron chi connectivity index (χ0n) is 3.31. The Bertz CT molecular complexity index is 33.9. The first-order valence-electron chi connectivity index (χ1n) is 1.71. The van der Waals surface area contributed by atoms with Crippen molar-refractivity contribution in [2.24, 2.45) is 0 Å². The number of hydrogen-bond acceptors (Lipinski definition) is 1. The first-order valence-corrected chi connectivity index (χ1v) is 3.12. The Balaban J connectivity index is 2.62. The Hall–Kier alpha value is -0.243. The number of rotatable bonds is 1. The van der Waals surface area contributed by atoms with Crippen LogP contribution in [0.5, 0.6) is 0 Å². The average molecular weight is 88.2 g/mol. The second kappa shape index (κ2) is 3.76. The van der Waals surface area contributed by atoms with E-state index in [1.165, 1.54) is 0 Å². The summed E-state index contributed by atoms with van der Waals surface area (Å²) in [6.45, 7) is 0. The lowest BCUT2D eigenvalue weighted by molar-refractivity contribution is 0.472. The van der Waals surface area contributed by atoms with Gasteiger partial charge in [-0.25, -0.2) is 0 Å². The Kier molecular flexibility index (Phi) is 3.57. The topological polar surface area (TPSA) is 20.2 Å². The molecular formula is C3H8OSi. The molecule has 0 rings (SSSR count). The van der Waals surface area contributed by atoms with Gasteiger partial charge in [0, 0.05) is 10.2 Å². The number of aliphatic hydroxyl groups is 1. The first kappa shape index (κ1) is 4.76. The predicted octanol–water partition coefficient (Wildman–Crippen LogP) is -0.158. The van der Waals surface area contributed by atoms with Crippen molar-refractivity contribution < 1.29 is 5.11 Å². The molecule has 0 saturated carbocycles. The van der Waals surface area contributed by atoms with Crippen LogP contribution in [-0.2, 0) is 0 Å². The van der Waals surface area contributed by atoms with Crippen molar-refractivity contribution in [2.75, 3.05) is 0 Å². The van der Waals surface area contributed by atoms with Crippen LogP contribution < -0.4 is 0 Å². The molecule has 0 aromatic heterocycles. The van der Waals surface area contributed by atoms with Gasteiger partial charge in [-0.15, -0.1) is 0 Å². The fourth-order valence-corrected chi connectivity index (χ4v) is 0.316. The summed E-state index contributed by atoms with van der Waals surface area (Å²) in [6, 6.07) is 1.05. The summed E-state index contributed by atoms with van der Waals surface area (Å²) in [7, 11) is 1.15. The molecule has 0 unspecified atom stereocenters. The van der Waals surface area contributed by atoms with Crippen LogP contribution in [-0.4, -0.2) is 15.3 Å². The van der Waals surface area contributed by atoms with E-state index in [-0.39, 0.29) is 0 Å². The highest BCUT2D eigenvalue weighted by Crippen LogP contribution is 1.68. The Morgan fingerprint density at radius 1 is 1.80 bits per heavy atom. The summed E-state index contributed by atoms with van der Waals surface area (Å²) in [5.41, 5.74) is 0.